The SMILES string of the molecule is COc1cc(N)c(Cl)cc1-c1nc2c(F)c(F)ccc2[nH]1. The third-order valence-corrected chi connectivity index (χ3v) is 3.45. The first-order chi connectivity index (χ1) is 10.0. The highest BCUT2D eigenvalue weighted by Gasteiger charge is 2.16. The third-order valence-electron chi connectivity index (χ3n) is 3.12. The van der Waals surface area contributed by atoms with Gasteiger partial charge in [-0.05, 0) is 18.2 Å². The zero-order valence-corrected chi connectivity index (χ0v) is 11.6. The molecule has 0 saturated heterocycles. The largest absolute Gasteiger partial charge is 0.496 e. The Hall–Kier alpha value is -2.34. The number of nitrogens with one attached hydrogen (secondary N) is 1. The van der Waals surface area contributed by atoms with Crippen LogP contribution in [-0.4, -0.2) is 17.1 Å². The van der Waals surface area contributed by atoms with Gasteiger partial charge in [-0.15, -0.1) is 0 Å². The summed E-state index contributed by atoms with van der Waals surface area (Å²) in [5.41, 5.74) is 6.86. The summed E-state index contributed by atoms with van der Waals surface area (Å²) >= 11 is 5.99. The third kappa shape index (κ3) is 2.17. The standard InChI is InChI=1S/C14H10ClF2N3O/c1-21-11-5-9(18)7(15)4-6(11)14-19-10-3-2-8(16)12(17)13(10)20-14/h2-5H,18H2,1H3,(H,19,20). The molecule has 2 aromatic carbocycles. The number of anilines is 1. The molecule has 0 aliphatic heterocycles. The van der Waals surface area contributed by atoms with Crippen molar-refractivity contribution in [3.63, 3.8) is 0 Å². The summed E-state index contributed by atoms with van der Waals surface area (Å²) in [5.74, 6) is -1.22. The molecule has 0 bridgehead atoms. The van der Waals surface area contributed by atoms with Crippen molar-refractivity contribution in [2.45, 2.75) is 0 Å². The molecule has 0 amide bonds. The van der Waals surface area contributed by atoms with Crippen molar-refractivity contribution in [3.05, 3.63) is 40.9 Å². The van der Waals surface area contributed by atoms with Crippen LogP contribution in [0, 0.1) is 11.6 Å². The van der Waals surface area contributed by atoms with Gasteiger partial charge in [-0.2, -0.15) is 0 Å². The minimum absolute atomic E-state index is 0.0833. The van der Waals surface area contributed by atoms with Crippen molar-refractivity contribution in [2.24, 2.45) is 0 Å². The number of aromatic amines is 1. The van der Waals surface area contributed by atoms with E-state index in [1.165, 1.54) is 13.2 Å². The summed E-state index contributed by atoms with van der Waals surface area (Å²) < 4.78 is 32.2. The number of fused-ring (bicyclic) bond motifs is 1. The van der Waals surface area contributed by atoms with Crippen LogP contribution >= 0.6 is 11.6 Å². The second-order valence-electron chi connectivity index (χ2n) is 4.42. The number of ether oxygens (including phenoxy) is 1. The van der Waals surface area contributed by atoms with E-state index in [4.69, 9.17) is 22.1 Å². The predicted molar refractivity (Wildman–Crippen MR) is 77.4 cm³/mol. The van der Waals surface area contributed by atoms with Crippen molar-refractivity contribution in [2.75, 3.05) is 12.8 Å². The van der Waals surface area contributed by atoms with Crippen molar-refractivity contribution in [1.29, 1.82) is 0 Å². The molecule has 0 aliphatic rings. The number of imidazole rings is 1. The number of H-pyrrole nitrogens is 1. The van der Waals surface area contributed by atoms with Gasteiger partial charge in [0.25, 0.3) is 0 Å². The van der Waals surface area contributed by atoms with Gasteiger partial charge in [-0.3, -0.25) is 0 Å². The molecule has 3 N–H and O–H groups in total. The van der Waals surface area contributed by atoms with Gasteiger partial charge < -0.3 is 15.5 Å². The number of nitrogens with zero attached hydrogens (tertiary/aromatic N) is 1. The number of benzene rings is 2. The van der Waals surface area contributed by atoms with Crippen LogP contribution in [0.15, 0.2) is 24.3 Å². The lowest BCUT2D eigenvalue weighted by Crippen LogP contribution is -1.93. The molecule has 3 rings (SSSR count). The van der Waals surface area contributed by atoms with Gasteiger partial charge in [0, 0.05) is 6.07 Å². The Morgan fingerprint density at radius 3 is 2.76 bits per heavy atom. The zero-order chi connectivity index (χ0) is 15.1. The number of hydrogen-bond acceptors (Lipinski definition) is 3. The topological polar surface area (TPSA) is 63.9 Å². The fraction of sp³-hybridized carbons (Fsp3) is 0.0714. The summed E-state index contributed by atoms with van der Waals surface area (Å²) in [6, 6.07) is 5.55. The van der Waals surface area contributed by atoms with Crippen LogP contribution in [0.25, 0.3) is 22.4 Å². The summed E-state index contributed by atoms with van der Waals surface area (Å²) in [7, 11) is 1.47. The van der Waals surface area contributed by atoms with E-state index in [0.29, 0.717) is 33.4 Å². The van der Waals surface area contributed by atoms with E-state index < -0.39 is 11.6 Å². The number of rotatable bonds is 2. The highest BCUT2D eigenvalue weighted by atomic mass is 35.5. The van der Waals surface area contributed by atoms with Gasteiger partial charge in [0.05, 0.1) is 28.9 Å². The number of hydrogen-bond donors (Lipinski definition) is 2. The first-order valence-corrected chi connectivity index (χ1v) is 6.36. The molecular weight excluding hydrogens is 300 g/mol. The van der Waals surface area contributed by atoms with Crippen LogP contribution in [0.1, 0.15) is 0 Å². The molecule has 21 heavy (non-hydrogen) atoms. The van der Waals surface area contributed by atoms with Crippen molar-refractivity contribution >= 4 is 28.3 Å². The van der Waals surface area contributed by atoms with Gasteiger partial charge in [0.1, 0.15) is 17.1 Å². The van der Waals surface area contributed by atoms with Gasteiger partial charge in [0.2, 0.25) is 0 Å². The van der Waals surface area contributed by atoms with Crippen LogP contribution in [0.4, 0.5) is 14.5 Å². The molecule has 1 heterocycles. The summed E-state index contributed by atoms with van der Waals surface area (Å²) in [6.07, 6.45) is 0. The Labute approximate surface area is 123 Å². The fourth-order valence-corrected chi connectivity index (χ4v) is 2.23. The first kappa shape index (κ1) is 13.6. The molecule has 4 nitrogen and oxygen atoms in total. The Morgan fingerprint density at radius 1 is 1.29 bits per heavy atom. The smallest absolute Gasteiger partial charge is 0.186 e. The molecule has 3 aromatic rings. The second kappa shape index (κ2) is 4.89. The number of aromatic nitrogens is 2. The Bertz CT molecular complexity index is 848. The Kier molecular flexibility index (Phi) is 3.17. The first-order valence-electron chi connectivity index (χ1n) is 5.98. The predicted octanol–water partition coefficient (Wildman–Crippen LogP) is 3.75. The van der Waals surface area contributed by atoms with Crippen molar-refractivity contribution in [1.82, 2.24) is 9.97 Å². The average Bonchev–Trinajstić information content (AvgIpc) is 2.90. The lowest BCUT2D eigenvalue weighted by Gasteiger charge is -2.08. The second-order valence-corrected chi connectivity index (χ2v) is 4.82. The van der Waals surface area contributed by atoms with Crippen LogP contribution in [0.5, 0.6) is 5.75 Å². The van der Waals surface area contributed by atoms with Crippen LogP contribution in [-0.2, 0) is 0 Å². The van der Waals surface area contributed by atoms with Gasteiger partial charge >= 0.3 is 0 Å². The molecule has 1 aromatic heterocycles. The maximum absolute atomic E-state index is 13.7. The maximum Gasteiger partial charge on any atom is 0.186 e. The molecule has 108 valence electrons. The lowest BCUT2D eigenvalue weighted by atomic mass is 10.1. The van der Waals surface area contributed by atoms with Crippen LogP contribution in [0.2, 0.25) is 5.02 Å². The molecule has 0 fully saturated rings. The maximum atomic E-state index is 13.7. The molecule has 7 heteroatoms. The molecule has 0 aliphatic carbocycles. The van der Waals surface area contributed by atoms with Gasteiger partial charge in [-0.1, -0.05) is 11.6 Å². The van der Waals surface area contributed by atoms with E-state index in [-0.39, 0.29) is 5.52 Å². The lowest BCUT2D eigenvalue weighted by molar-refractivity contribution is 0.416. The van der Waals surface area contributed by atoms with Gasteiger partial charge in [-0.25, -0.2) is 13.8 Å². The Morgan fingerprint density at radius 2 is 2.05 bits per heavy atom. The molecule has 0 unspecified atom stereocenters. The molecule has 0 atom stereocenters. The molecule has 0 spiro atoms. The Balaban J connectivity index is 2.26. The zero-order valence-electron chi connectivity index (χ0n) is 10.9. The highest BCUT2D eigenvalue weighted by Crippen LogP contribution is 2.35. The highest BCUT2D eigenvalue weighted by molar-refractivity contribution is 6.33. The normalized spacial score (nSPS) is 11.0. The quantitative estimate of drug-likeness (QED) is 0.709. The fourth-order valence-electron chi connectivity index (χ4n) is 2.07. The number of halogens is 3. The molecule has 0 saturated carbocycles. The van der Waals surface area contributed by atoms with E-state index in [9.17, 15) is 8.78 Å². The summed E-state index contributed by atoms with van der Waals surface area (Å²) in [4.78, 5) is 6.98. The van der Waals surface area contributed by atoms with Crippen LogP contribution in [0.3, 0.4) is 0 Å². The number of nitrogens with two attached hydrogens (primary N) is 1. The minimum Gasteiger partial charge on any atom is -0.496 e. The number of methoxy groups -OCH3 is 1. The van der Waals surface area contributed by atoms with E-state index in [1.807, 2.05) is 0 Å². The average molecular weight is 310 g/mol. The molecule has 0 radical (unpaired) electrons. The monoisotopic (exact) mass is 309 g/mol. The van der Waals surface area contributed by atoms with Crippen molar-refractivity contribution in [3.8, 4) is 17.1 Å². The summed E-state index contributed by atoms with van der Waals surface area (Å²) in [5, 5.41) is 0.318. The molecular formula is C14H10ClF2N3O. The minimum atomic E-state index is -1.00. The van der Waals surface area contributed by atoms with E-state index in [1.54, 1.807) is 12.1 Å². The van der Waals surface area contributed by atoms with Crippen LogP contribution < -0.4 is 10.5 Å². The van der Waals surface area contributed by atoms with E-state index >= 15 is 0 Å². The van der Waals surface area contributed by atoms with Gasteiger partial charge in [0.15, 0.2) is 11.6 Å². The van der Waals surface area contributed by atoms with Crippen molar-refractivity contribution < 1.29 is 13.5 Å². The van der Waals surface area contributed by atoms with E-state index in [2.05, 4.69) is 9.97 Å². The van der Waals surface area contributed by atoms with E-state index in [0.717, 1.165) is 6.07 Å². The number of nitrogen functional groups attached to an aromatic ring is 1. The summed E-state index contributed by atoms with van der Waals surface area (Å²) in [6.45, 7) is 0.